The Bertz CT molecular complexity index is 851. The molecule has 0 fully saturated rings. The molecule has 0 spiro atoms. The van der Waals surface area contributed by atoms with Crippen LogP contribution in [0.25, 0.3) is 0 Å². The molecule has 2 aromatic carbocycles. The molecule has 1 aliphatic heterocycles. The fourth-order valence-corrected chi connectivity index (χ4v) is 3.24. The molecule has 0 bridgehead atoms. The molecule has 26 heavy (non-hydrogen) atoms. The molecule has 0 saturated heterocycles. The SMILES string of the molecule is N#CCCN(C(=O)CN1Cc2cc(F)c(F)cc2C1)c1cccc(Cl)c1. The summed E-state index contributed by atoms with van der Waals surface area (Å²) in [6, 6.07) is 11.3. The smallest absolute Gasteiger partial charge is 0.241 e. The summed E-state index contributed by atoms with van der Waals surface area (Å²) in [6.45, 7) is 1.08. The highest BCUT2D eigenvalue weighted by atomic mass is 35.5. The summed E-state index contributed by atoms with van der Waals surface area (Å²) in [4.78, 5) is 16.1. The van der Waals surface area contributed by atoms with Gasteiger partial charge in [0.25, 0.3) is 0 Å². The van der Waals surface area contributed by atoms with Crippen LogP contribution in [0.5, 0.6) is 0 Å². The zero-order valence-electron chi connectivity index (χ0n) is 13.9. The van der Waals surface area contributed by atoms with E-state index in [1.54, 1.807) is 24.3 Å². The van der Waals surface area contributed by atoms with Gasteiger partial charge in [-0.1, -0.05) is 17.7 Å². The molecule has 7 heteroatoms. The highest BCUT2D eigenvalue weighted by Crippen LogP contribution is 2.26. The summed E-state index contributed by atoms with van der Waals surface area (Å²) in [5.41, 5.74) is 1.98. The number of benzene rings is 2. The van der Waals surface area contributed by atoms with Crippen LogP contribution in [0.3, 0.4) is 0 Å². The summed E-state index contributed by atoms with van der Waals surface area (Å²) < 4.78 is 26.8. The van der Waals surface area contributed by atoms with E-state index in [-0.39, 0.29) is 25.4 Å². The summed E-state index contributed by atoms with van der Waals surface area (Å²) in [5, 5.41) is 9.35. The van der Waals surface area contributed by atoms with Crippen LogP contribution in [-0.2, 0) is 17.9 Å². The van der Waals surface area contributed by atoms with Crippen LogP contribution in [0.1, 0.15) is 17.5 Å². The maximum Gasteiger partial charge on any atom is 0.241 e. The molecule has 0 saturated carbocycles. The Labute approximate surface area is 155 Å². The van der Waals surface area contributed by atoms with Gasteiger partial charge in [-0.2, -0.15) is 5.26 Å². The molecule has 0 radical (unpaired) electrons. The highest BCUT2D eigenvalue weighted by molar-refractivity contribution is 6.30. The van der Waals surface area contributed by atoms with E-state index in [0.29, 0.717) is 34.9 Å². The van der Waals surface area contributed by atoms with Crippen molar-refractivity contribution in [1.82, 2.24) is 4.90 Å². The van der Waals surface area contributed by atoms with E-state index in [4.69, 9.17) is 16.9 Å². The minimum atomic E-state index is -0.883. The van der Waals surface area contributed by atoms with Gasteiger partial charge in [0.2, 0.25) is 5.91 Å². The van der Waals surface area contributed by atoms with Crippen molar-refractivity contribution in [2.45, 2.75) is 19.5 Å². The van der Waals surface area contributed by atoms with Gasteiger partial charge < -0.3 is 4.90 Å². The van der Waals surface area contributed by atoms with E-state index in [0.717, 1.165) is 0 Å². The molecule has 0 atom stereocenters. The number of hydrogen-bond donors (Lipinski definition) is 0. The predicted octanol–water partition coefficient (Wildman–Crippen LogP) is 3.88. The molecule has 0 aromatic heterocycles. The zero-order valence-corrected chi connectivity index (χ0v) is 14.6. The largest absolute Gasteiger partial charge is 0.310 e. The van der Waals surface area contributed by atoms with Crippen molar-refractivity contribution in [2.24, 2.45) is 0 Å². The first-order valence-corrected chi connectivity index (χ1v) is 8.48. The maximum atomic E-state index is 13.4. The Morgan fingerprint density at radius 2 is 1.85 bits per heavy atom. The van der Waals surface area contributed by atoms with Crippen LogP contribution < -0.4 is 4.90 Å². The normalized spacial score (nSPS) is 13.3. The first-order valence-electron chi connectivity index (χ1n) is 8.10. The molecule has 4 nitrogen and oxygen atoms in total. The van der Waals surface area contributed by atoms with Crippen molar-refractivity contribution < 1.29 is 13.6 Å². The second kappa shape index (κ2) is 7.81. The van der Waals surface area contributed by atoms with Gasteiger partial charge in [0.1, 0.15) is 0 Å². The number of anilines is 1. The van der Waals surface area contributed by atoms with Gasteiger partial charge >= 0.3 is 0 Å². The molecule has 1 amide bonds. The van der Waals surface area contributed by atoms with Crippen molar-refractivity contribution in [1.29, 1.82) is 5.26 Å². The van der Waals surface area contributed by atoms with Crippen LogP contribution in [0.2, 0.25) is 5.02 Å². The minimum Gasteiger partial charge on any atom is -0.310 e. The van der Waals surface area contributed by atoms with Crippen molar-refractivity contribution >= 4 is 23.2 Å². The second-order valence-corrected chi connectivity index (χ2v) is 6.55. The number of rotatable bonds is 5. The molecule has 0 aliphatic carbocycles. The molecular weight excluding hydrogens is 360 g/mol. The molecule has 3 rings (SSSR count). The predicted molar refractivity (Wildman–Crippen MR) is 94.5 cm³/mol. The first-order chi connectivity index (χ1) is 12.5. The van der Waals surface area contributed by atoms with Gasteiger partial charge in [0.05, 0.1) is 19.0 Å². The van der Waals surface area contributed by atoms with Gasteiger partial charge in [-0.05, 0) is 41.5 Å². The van der Waals surface area contributed by atoms with Gasteiger partial charge in [-0.15, -0.1) is 0 Å². The maximum absolute atomic E-state index is 13.4. The topological polar surface area (TPSA) is 47.3 Å². The molecule has 134 valence electrons. The fourth-order valence-electron chi connectivity index (χ4n) is 3.05. The monoisotopic (exact) mass is 375 g/mol. The number of nitriles is 1. The highest BCUT2D eigenvalue weighted by Gasteiger charge is 2.25. The van der Waals surface area contributed by atoms with Crippen LogP contribution in [0.15, 0.2) is 36.4 Å². The number of hydrogen-bond acceptors (Lipinski definition) is 3. The molecule has 1 heterocycles. The lowest BCUT2D eigenvalue weighted by Crippen LogP contribution is -2.39. The van der Waals surface area contributed by atoms with E-state index >= 15 is 0 Å². The molecule has 0 unspecified atom stereocenters. The minimum absolute atomic E-state index is 0.0792. The zero-order chi connectivity index (χ0) is 18.7. The third kappa shape index (κ3) is 4.01. The Balaban J connectivity index is 1.73. The van der Waals surface area contributed by atoms with E-state index in [1.807, 2.05) is 11.0 Å². The van der Waals surface area contributed by atoms with Crippen molar-refractivity contribution in [2.75, 3.05) is 18.0 Å². The molecule has 0 N–H and O–H groups in total. The Morgan fingerprint density at radius 1 is 1.19 bits per heavy atom. The van der Waals surface area contributed by atoms with E-state index in [2.05, 4.69) is 0 Å². The Morgan fingerprint density at radius 3 is 2.42 bits per heavy atom. The van der Waals surface area contributed by atoms with Gasteiger partial charge in [-0.25, -0.2) is 8.78 Å². The lowest BCUT2D eigenvalue weighted by Gasteiger charge is -2.25. The van der Waals surface area contributed by atoms with Crippen LogP contribution in [-0.4, -0.2) is 23.9 Å². The summed E-state index contributed by atoms with van der Waals surface area (Å²) >= 11 is 6.00. The Kier molecular flexibility index (Phi) is 5.50. The van der Waals surface area contributed by atoms with E-state index < -0.39 is 11.6 Å². The van der Waals surface area contributed by atoms with Crippen molar-refractivity contribution in [3.05, 3.63) is 64.2 Å². The summed E-state index contributed by atoms with van der Waals surface area (Å²) in [7, 11) is 0. The number of fused-ring (bicyclic) bond motifs is 1. The van der Waals surface area contributed by atoms with Crippen molar-refractivity contribution in [3.63, 3.8) is 0 Å². The van der Waals surface area contributed by atoms with Gasteiger partial charge in [0.15, 0.2) is 11.6 Å². The third-order valence-electron chi connectivity index (χ3n) is 4.26. The molecule has 2 aromatic rings. The van der Waals surface area contributed by atoms with Crippen LogP contribution >= 0.6 is 11.6 Å². The number of carbonyl (C=O) groups excluding carboxylic acids is 1. The second-order valence-electron chi connectivity index (χ2n) is 6.11. The number of carbonyl (C=O) groups is 1. The Hall–Kier alpha value is -2.49. The lowest BCUT2D eigenvalue weighted by atomic mass is 10.1. The van der Waals surface area contributed by atoms with E-state index in [9.17, 15) is 13.6 Å². The molecule has 1 aliphatic rings. The van der Waals surface area contributed by atoms with E-state index in [1.165, 1.54) is 17.0 Å². The first kappa shape index (κ1) is 18.3. The van der Waals surface area contributed by atoms with Crippen LogP contribution in [0.4, 0.5) is 14.5 Å². The molecular formula is C19H16ClF2N3O. The summed E-state index contributed by atoms with van der Waals surface area (Å²) in [5.74, 6) is -1.96. The average molecular weight is 376 g/mol. The number of nitrogens with zero attached hydrogens (tertiary/aromatic N) is 3. The number of halogens is 3. The standard InChI is InChI=1S/C19H16ClF2N3O/c20-15-3-1-4-16(9-15)25(6-2-5-23)19(26)12-24-10-13-7-17(21)18(22)8-14(13)11-24/h1,3-4,7-9H,2,6,10-12H2. The average Bonchev–Trinajstić information content (AvgIpc) is 2.96. The fraction of sp³-hybridized carbons (Fsp3) is 0.263. The summed E-state index contributed by atoms with van der Waals surface area (Å²) in [6.07, 6.45) is 0.189. The number of amides is 1. The van der Waals surface area contributed by atoms with Gasteiger partial charge in [-0.3, -0.25) is 9.69 Å². The third-order valence-corrected chi connectivity index (χ3v) is 4.49. The van der Waals surface area contributed by atoms with Crippen LogP contribution in [0, 0.1) is 23.0 Å². The van der Waals surface area contributed by atoms with Crippen molar-refractivity contribution in [3.8, 4) is 6.07 Å². The quantitative estimate of drug-likeness (QED) is 0.796. The van der Waals surface area contributed by atoms with Gasteiger partial charge in [0, 0.05) is 30.3 Å². The lowest BCUT2D eigenvalue weighted by molar-refractivity contribution is -0.119.